The second-order valence-electron chi connectivity index (χ2n) is 3.25. The molecule has 0 aliphatic rings. The van der Waals surface area contributed by atoms with Gasteiger partial charge < -0.3 is 4.74 Å². The van der Waals surface area contributed by atoms with Crippen LogP contribution in [0, 0.1) is 0 Å². The van der Waals surface area contributed by atoms with Crippen LogP contribution in [0.5, 0.6) is 0 Å². The summed E-state index contributed by atoms with van der Waals surface area (Å²) >= 11 is 1.34. The molecule has 0 N–H and O–H groups in total. The van der Waals surface area contributed by atoms with Gasteiger partial charge in [0, 0.05) is 10.3 Å². The normalized spacial score (nSPS) is 10.3. The molecular weight excluding hydrogens is 224 g/mol. The van der Waals surface area contributed by atoms with E-state index in [1.807, 2.05) is 6.07 Å². The Hall–Kier alpha value is -1.68. The molecule has 0 bridgehead atoms. The molecule has 1 heterocycles. The van der Waals surface area contributed by atoms with Crippen molar-refractivity contribution in [3.63, 3.8) is 0 Å². The molecule has 16 heavy (non-hydrogen) atoms. The first-order valence-corrected chi connectivity index (χ1v) is 5.72. The minimum Gasteiger partial charge on any atom is -0.462 e. The molecule has 0 fully saturated rings. The summed E-state index contributed by atoms with van der Waals surface area (Å²) in [4.78, 5) is 22.7. The van der Waals surface area contributed by atoms with E-state index >= 15 is 0 Å². The van der Waals surface area contributed by atoms with Crippen LogP contribution in [0.4, 0.5) is 0 Å². The van der Waals surface area contributed by atoms with Crippen LogP contribution in [-0.2, 0) is 4.74 Å². The summed E-state index contributed by atoms with van der Waals surface area (Å²) in [5.41, 5.74) is 0.616. The number of rotatable bonds is 3. The van der Waals surface area contributed by atoms with Crippen LogP contribution in [-0.4, -0.2) is 18.9 Å². The predicted octanol–water partition coefficient (Wildman–Crippen LogP) is 2.89. The molecule has 2 rings (SSSR count). The zero-order valence-corrected chi connectivity index (χ0v) is 9.54. The number of thiophene rings is 1. The van der Waals surface area contributed by atoms with E-state index in [0.29, 0.717) is 17.0 Å². The number of ether oxygens (including phenoxy) is 1. The molecule has 1 aromatic carbocycles. The smallest absolute Gasteiger partial charge is 0.348 e. The molecular formula is C12H10O3S. The third-order valence-corrected chi connectivity index (χ3v) is 3.23. The molecule has 0 saturated carbocycles. The average Bonchev–Trinajstić information content (AvgIpc) is 2.71. The molecule has 0 spiro atoms. The van der Waals surface area contributed by atoms with Crippen molar-refractivity contribution in [3.8, 4) is 0 Å². The Morgan fingerprint density at radius 2 is 2.25 bits per heavy atom. The number of carbonyl (C=O) groups is 2. The Morgan fingerprint density at radius 1 is 1.44 bits per heavy atom. The highest BCUT2D eigenvalue weighted by molar-refractivity contribution is 7.20. The number of esters is 1. The highest BCUT2D eigenvalue weighted by Gasteiger charge is 2.10. The lowest BCUT2D eigenvalue weighted by atomic mass is 10.2. The largest absolute Gasteiger partial charge is 0.462 e. The second-order valence-corrected chi connectivity index (χ2v) is 4.33. The SMILES string of the molecule is CCOC(=O)c1cc2ccc(C=O)cc2s1. The zero-order valence-electron chi connectivity index (χ0n) is 8.73. The molecule has 0 amide bonds. The van der Waals surface area contributed by atoms with Gasteiger partial charge in [0.1, 0.15) is 11.2 Å². The van der Waals surface area contributed by atoms with Crippen LogP contribution in [0.15, 0.2) is 24.3 Å². The summed E-state index contributed by atoms with van der Waals surface area (Å²) in [6, 6.07) is 7.12. The van der Waals surface area contributed by atoms with E-state index in [2.05, 4.69) is 0 Å². The Balaban J connectivity index is 2.43. The van der Waals surface area contributed by atoms with Crippen molar-refractivity contribution in [3.05, 3.63) is 34.7 Å². The van der Waals surface area contributed by atoms with Crippen LogP contribution >= 0.6 is 11.3 Å². The van der Waals surface area contributed by atoms with Crippen molar-refractivity contribution >= 4 is 33.7 Å². The standard InChI is InChI=1S/C12H10O3S/c1-2-15-12(14)11-6-9-4-3-8(7-13)5-10(9)16-11/h3-7H,2H2,1H3. The summed E-state index contributed by atoms with van der Waals surface area (Å²) in [6.45, 7) is 2.14. The van der Waals surface area contributed by atoms with E-state index in [-0.39, 0.29) is 5.97 Å². The van der Waals surface area contributed by atoms with Gasteiger partial charge in [-0.15, -0.1) is 11.3 Å². The van der Waals surface area contributed by atoms with Gasteiger partial charge in [-0.05, 0) is 24.4 Å². The van der Waals surface area contributed by atoms with Crippen molar-refractivity contribution < 1.29 is 14.3 Å². The van der Waals surface area contributed by atoms with Gasteiger partial charge >= 0.3 is 5.97 Å². The summed E-state index contributed by atoms with van der Waals surface area (Å²) < 4.78 is 5.84. The first kappa shape index (κ1) is 10.8. The fourth-order valence-electron chi connectivity index (χ4n) is 1.42. The third kappa shape index (κ3) is 1.97. The van der Waals surface area contributed by atoms with Crippen LogP contribution in [0.1, 0.15) is 27.0 Å². The first-order valence-electron chi connectivity index (χ1n) is 4.90. The predicted molar refractivity (Wildman–Crippen MR) is 63.2 cm³/mol. The van der Waals surface area contributed by atoms with Gasteiger partial charge in [0.25, 0.3) is 0 Å². The molecule has 2 aromatic rings. The fraction of sp³-hybridized carbons (Fsp3) is 0.167. The zero-order chi connectivity index (χ0) is 11.5. The summed E-state index contributed by atoms with van der Waals surface area (Å²) in [6.07, 6.45) is 0.795. The molecule has 82 valence electrons. The average molecular weight is 234 g/mol. The molecule has 0 saturated heterocycles. The minimum atomic E-state index is -0.309. The quantitative estimate of drug-likeness (QED) is 0.605. The van der Waals surface area contributed by atoms with Crippen LogP contribution in [0.3, 0.4) is 0 Å². The molecule has 4 heteroatoms. The van der Waals surface area contributed by atoms with E-state index < -0.39 is 0 Å². The van der Waals surface area contributed by atoms with Gasteiger partial charge in [0.05, 0.1) is 6.61 Å². The van der Waals surface area contributed by atoms with Gasteiger partial charge in [-0.25, -0.2) is 4.79 Å². The Kier molecular flexibility index (Phi) is 3.01. The van der Waals surface area contributed by atoms with E-state index in [1.54, 1.807) is 25.1 Å². The molecule has 0 unspecified atom stereocenters. The summed E-state index contributed by atoms with van der Waals surface area (Å²) in [5.74, 6) is -0.309. The Bertz CT molecular complexity index is 542. The number of hydrogen-bond acceptors (Lipinski definition) is 4. The number of carbonyl (C=O) groups excluding carboxylic acids is 2. The molecule has 0 aliphatic carbocycles. The maximum atomic E-state index is 11.5. The van der Waals surface area contributed by atoms with Crippen molar-refractivity contribution in [2.45, 2.75) is 6.92 Å². The highest BCUT2D eigenvalue weighted by atomic mass is 32.1. The van der Waals surface area contributed by atoms with E-state index in [4.69, 9.17) is 4.74 Å². The highest BCUT2D eigenvalue weighted by Crippen LogP contribution is 2.26. The first-order chi connectivity index (χ1) is 7.74. The molecule has 0 radical (unpaired) electrons. The van der Waals surface area contributed by atoms with Gasteiger partial charge in [-0.3, -0.25) is 4.79 Å². The van der Waals surface area contributed by atoms with Gasteiger partial charge in [-0.1, -0.05) is 12.1 Å². The maximum Gasteiger partial charge on any atom is 0.348 e. The van der Waals surface area contributed by atoms with E-state index in [9.17, 15) is 9.59 Å². The second kappa shape index (κ2) is 4.45. The molecule has 0 atom stereocenters. The third-order valence-electron chi connectivity index (χ3n) is 2.16. The minimum absolute atomic E-state index is 0.309. The Morgan fingerprint density at radius 3 is 2.94 bits per heavy atom. The monoisotopic (exact) mass is 234 g/mol. The van der Waals surface area contributed by atoms with Crippen LogP contribution < -0.4 is 0 Å². The summed E-state index contributed by atoms with van der Waals surface area (Å²) in [5, 5.41) is 0.957. The van der Waals surface area contributed by atoms with Crippen molar-refractivity contribution in [2.24, 2.45) is 0 Å². The topological polar surface area (TPSA) is 43.4 Å². The van der Waals surface area contributed by atoms with Crippen LogP contribution in [0.25, 0.3) is 10.1 Å². The van der Waals surface area contributed by atoms with E-state index in [0.717, 1.165) is 16.4 Å². The number of fused-ring (bicyclic) bond motifs is 1. The maximum absolute atomic E-state index is 11.5. The number of aldehydes is 1. The fourth-order valence-corrected chi connectivity index (χ4v) is 2.43. The van der Waals surface area contributed by atoms with Gasteiger partial charge in [-0.2, -0.15) is 0 Å². The Labute approximate surface area is 96.6 Å². The van der Waals surface area contributed by atoms with Crippen LogP contribution in [0.2, 0.25) is 0 Å². The van der Waals surface area contributed by atoms with E-state index in [1.165, 1.54) is 11.3 Å². The van der Waals surface area contributed by atoms with Crippen molar-refractivity contribution in [1.29, 1.82) is 0 Å². The van der Waals surface area contributed by atoms with Gasteiger partial charge in [0.2, 0.25) is 0 Å². The lowest BCUT2D eigenvalue weighted by Crippen LogP contribution is -2.01. The van der Waals surface area contributed by atoms with Crippen molar-refractivity contribution in [2.75, 3.05) is 6.61 Å². The number of benzene rings is 1. The lowest BCUT2D eigenvalue weighted by molar-refractivity contribution is 0.0532. The van der Waals surface area contributed by atoms with Gasteiger partial charge in [0.15, 0.2) is 0 Å². The summed E-state index contributed by atoms with van der Waals surface area (Å²) in [7, 11) is 0. The van der Waals surface area contributed by atoms with Crippen molar-refractivity contribution in [1.82, 2.24) is 0 Å². The molecule has 3 nitrogen and oxygen atoms in total. The molecule has 1 aromatic heterocycles. The number of hydrogen-bond donors (Lipinski definition) is 0. The lowest BCUT2D eigenvalue weighted by Gasteiger charge is -1.95. The molecule has 0 aliphatic heterocycles.